The largest absolute Gasteiger partial charge is 0.497 e. The molecule has 1 amide bonds. The fourth-order valence-corrected chi connectivity index (χ4v) is 6.91. The van der Waals surface area contributed by atoms with Crippen LogP contribution >= 0.6 is 0 Å². The van der Waals surface area contributed by atoms with E-state index in [0.717, 1.165) is 55.1 Å². The molecule has 2 fully saturated rings. The Morgan fingerprint density at radius 1 is 0.932 bits per heavy atom. The van der Waals surface area contributed by atoms with Crippen molar-refractivity contribution in [1.29, 1.82) is 0 Å². The Morgan fingerprint density at radius 2 is 1.59 bits per heavy atom. The van der Waals surface area contributed by atoms with Crippen LogP contribution in [0.15, 0.2) is 102 Å². The summed E-state index contributed by atoms with van der Waals surface area (Å²) in [6, 6.07) is 32.4. The fraction of sp³-hybridized carbons (Fsp3) is 0.324. The van der Waals surface area contributed by atoms with E-state index in [1.54, 1.807) is 19.2 Å². The van der Waals surface area contributed by atoms with Crippen LogP contribution in [0.5, 0.6) is 5.75 Å². The number of aromatic nitrogens is 1. The van der Waals surface area contributed by atoms with Crippen molar-refractivity contribution in [2.24, 2.45) is 16.1 Å². The number of nitrogens with zero attached hydrogens (tertiary/aromatic N) is 3. The van der Waals surface area contributed by atoms with E-state index in [1.807, 2.05) is 48.5 Å². The first kappa shape index (κ1) is 29.6. The zero-order chi connectivity index (χ0) is 30.4. The van der Waals surface area contributed by atoms with Gasteiger partial charge in [0, 0.05) is 30.3 Å². The van der Waals surface area contributed by atoms with Crippen molar-refractivity contribution in [2.75, 3.05) is 31.6 Å². The van der Waals surface area contributed by atoms with E-state index in [1.165, 1.54) is 31.2 Å². The van der Waals surface area contributed by atoms with Gasteiger partial charge in [0.25, 0.3) is 5.91 Å². The smallest absolute Gasteiger partial charge is 0.252 e. The molecule has 3 aromatic carbocycles. The molecule has 2 heterocycles. The molecule has 2 aliphatic rings. The molecule has 1 spiro atoms. The lowest BCUT2D eigenvalue weighted by Gasteiger charge is -2.47. The van der Waals surface area contributed by atoms with Crippen molar-refractivity contribution in [3.05, 3.63) is 119 Å². The predicted molar refractivity (Wildman–Crippen MR) is 177 cm³/mol. The van der Waals surface area contributed by atoms with Gasteiger partial charge in [-0.25, -0.2) is 9.98 Å². The SMILES string of the molecule is COc1ccc(CCN[C@H]2CN(c3nc(N=C(c4ccccc4)c4ccccc4)ccc3C(N)=O)CCC23CCCC3)cc1. The zero-order valence-corrected chi connectivity index (χ0v) is 25.4. The van der Waals surface area contributed by atoms with E-state index in [2.05, 4.69) is 46.6 Å². The number of rotatable bonds is 10. The van der Waals surface area contributed by atoms with E-state index < -0.39 is 5.91 Å². The number of amides is 1. The first-order chi connectivity index (χ1) is 21.5. The highest BCUT2D eigenvalue weighted by Crippen LogP contribution is 2.47. The van der Waals surface area contributed by atoms with Gasteiger partial charge in [-0.3, -0.25) is 4.79 Å². The van der Waals surface area contributed by atoms with Gasteiger partial charge in [0.2, 0.25) is 0 Å². The number of hydrogen-bond donors (Lipinski definition) is 2. The minimum absolute atomic E-state index is 0.271. The Balaban J connectivity index is 1.28. The van der Waals surface area contributed by atoms with Crippen LogP contribution in [0, 0.1) is 5.41 Å². The van der Waals surface area contributed by atoms with Crippen molar-refractivity contribution >= 4 is 23.3 Å². The summed E-state index contributed by atoms with van der Waals surface area (Å²) in [7, 11) is 1.69. The number of anilines is 1. The highest BCUT2D eigenvalue weighted by atomic mass is 16.5. The lowest BCUT2D eigenvalue weighted by molar-refractivity contribution is 0.1000. The molecule has 7 nitrogen and oxygen atoms in total. The molecule has 1 aliphatic heterocycles. The first-order valence-electron chi connectivity index (χ1n) is 15.7. The van der Waals surface area contributed by atoms with Crippen LogP contribution in [0.4, 0.5) is 11.6 Å². The summed E-state index contributed by atoms with van der Waals surface area (Å²) < 4.78 is 5.32. The van der Waals surface area contributed by atoms with Crippen LogP contribution in [0.3, 0.4) is 0 Å². The quantitative estimate of drug-likeness (QED) is 0.212. The lowest BCUT2D eigenvalue weighted by atomic mass is 9.73. The maximum Gasteiger partial charge on any atom is 0.252 e. The van der Waals surface area contributed by atoms with Crippen LogP contribution in [0.25, 0.3) is 0 Å². The van der Waals surface area contributed by atoms with Gasteiger partial charge in [-0.1, -0.05) is 85.6 Å². The number of nitrogens with one attached hydrogen (secondary N) is 1. The van der Waals surface area contributed by atoms with Crippen molar-refractivity contribution < 1.29 is 9.53 Å². The summed E-state index contributed by atoms with van der Waals surface area (Å²) in [4.78, 5) is 24.9. The first-order valence-corrected chi connectivity index (χ1v) is 15.7. The molecule has 4 aromatic rings. The van der Waals surface area contributed by atoms with E-state index >= 15 is 0 Å². The Bertz CT molecular complexity index is 1540. The number of ether oxygens (including phenoxy) is 1. The summed E-state index contributed by atoms with van der Waals surface area (Å²) in [5.74, 6) is 1.57. The second-order valence-electron chi connectivity index (χ2n) is 12.0. The van der Waals surface area contributed by atoms with Crippen molar-refractivity contribution in [1.82, 2.24) is 10.3 Å². The summed E-state index contributed by atoms with van der Waals surface area (Å²) in [6.07, 6.45) is 7.01. The highest BCUT2D eigenvalue weighted by molar-refractivity contribution is 6.13. The van der Waals surface area contributed by atoms with Gasteiger partial charge in [0.15, 0.2) is 5.82 Å². The number of piperidine rings is 1. The van der Waals surface area contributed by atoms with Crippen molar-refractivity contribution in [2.45, 2.75) is 44.6 Å². The minimum Gasteiger partial charge on any atom is -0.497 e. The van der Waals surface area contributed by atoms with E-state index in [4.69, 9.17) is 20.4 Å². The van der Waals surface area contributed by atoms with Gasteiger partial charge in [-0.05, 0) is 67.5 Å². The third-order valence-corrected chi connectivity index (χ3v) is 9.33. The third-order valence-electron chi connectivity index (χ3n) is 9.33. The summed E-state index contributed by atoms with van der Waals surface area (Å²) in [5, 5.41) is 3.93. The number of hydrogen-bond acceptors (Lipinski definition) is 6. The van der Waals surface area contributed by atoms with Gasteiger partial charge >= 0.3 is 0 Å². The van der Waals surface area contributed by atoms with Gasteiger partial charge in [-0.15, -0.1) is 0 Å². The molecular formula is C37H41N5O2. The van der Waals surface area contributed by atoms with Gasteiger partial charge in [0.05, 0.1) is 18.4 Å². The molecule has 1 saturated heterocycles. The van der Waals surface area contributed by atoms with Crippen LogP contribution in [-0.4, -0.2) is 49.4 Å². The average Bonchev–Trinajstić information content (AvgIpc) is 3.54. The van der Waals surface area contributed by atoms with E-state index in [-0.39, 0.29) is 11.5 Å². The second kappa shape index (κ2) is 13.4. The van der Waals surface area contributed by atoms with E-state index in [0.29, 0.717) is 17.2 Å². The van der Waals surface area contributed by atoms with Gasteiger partial charge < -0.3 is 20.7 Å². The number of aliphatic imine (C=N–C) groups is 1. The third kappa shape index (κ3) is 6.53. The number of carbonyl (C=O) groups excluding carboxylic acids is 1. The molecule has 6 rings (SSSR count). The number of primary amides is 1. The van der Waals surface area contributed by atoms with Gasteiger partial charge in [-0.2, -0.15) is 0 Å². The Morgan fingerprint density at radius 3 is 2.20 bits per heavy atom. The second-order valence-corrected chi connectivity index (χ2v) is 12.0. The average molecular weight is 588 g/mol. The van der Waals surface area contributed by atoms with Crippen LogP contribution in [0.1, 0.15) is 59.2 Å². The number of benzene rings is 3. The number of nitrogens with two attached hydrogens (primary N) is 1. The van der Waals surface area contributed by atoms with Crippen LogP contribution < -0.4 is 20.7 Å². The topological polar surface area (TPSA) is 92.8 Å². The van der Waals surface area contributed by atoms with Gasteiger partial charge in [0.1, 0.15) is 11.6 Å². The molecular weight excluding hydrogens is 546 g/mol. The summed E-state index contributed by atoms with van der Waals surface area (Å²) in [6.45, 7) is 2.49. The Hall–Kier alpha value is -4.49. The zero-order valence-electron chi connectivity index (χ0n) is 25.4. The van der Waals surface area contributed by atoms with E-state index in [9.17, 15) is 4.79 Å². The monoisotopic (exact) mass is 587 g/mol. The maximum atomic E-state index is 12.6. The molecule has 3 N–H and O–H groups in total. The molecule has 7 heteroatoms. The molecule has 0 unspecified atom stereocenters. The summed E-state index contributed by atoms with van der Waals surface area (Å²) >= 11 is 0. The fourth-order valence-electron chi connectivity index (χ4n) is 6.91. The maximum absolute atomic E-state index is 12.6. The highest BCUT2D eigenvalue weighted by Gasteiger charge is 2.45. The molecule has 0 radical (unpaired) electrons. The molecule has 0 bridgehead atoms. The molecule has 1 saturated carbocycles. The predicted octanol–water partition coefficient (Wildman–Crippen LogP) is 6.33. The normalized spacial score (nSPS) is 17.4. The van der Waals surface area contributed by atoms with Crippen molar-refractivity contribution in [3.8, 4) is 5.75 Å². The molecule has 1 aliphatic carbocycles. The molecule has 226 valence electrons. The lowest BCUT2D eigenvalue weighted by Crippen LogP contribution is -2.57. The number of methoxy groups -OCH3 is 1. The number of pyridine rings is 1. The van der Waals surface area contributed by atoms with Crippen LogP contribution in [-0.2, 0) is 6.42 Å². The Labute approximate surface area is 260 Å². The standard InChI is InChI=1S/C37H41N5O2/c1-44-30-16-14-27(15-17-30)20-24-39-32-26-42(25-23-37(32)21-8-9-22-37)36-31(35(38)43)18-19-33(41-36)40-34(28-10-4-2-5-11-28)29-12-6-3-7-13-29/h2-7,10-19,32,39H,8-9,20-26H2,1H3,(H2,38,43)/t32-/m0/s1. The van der Waals surface area contributed by atoms with Crippen molar-refractivity contribution in [3.63, 3.8) is 0 Å². The molecule has 44 heavy (non-hydrogen) atoms. The summed E-state index contributed by atoms with van der Waals surface area (Å²) in [5.41, 5.74) is 10.7. The Kier molecular flexibility index (Phi) is 9.03. The molecule has 1 atom stereocenters. The van der Waals surface area contributed by atoms with Crippen LogP contribution in [0.2, 0.25) is 0 Å². The number of carbonyl (C=O) groups is 1. The molecule has 1 aromatic heterocycles. The minimum atomic E-state index is -0.473.